The summed E-state index contributed by atoms with van der Waals surface area (Å²) in [5, 5.41) is 2.89. The summed E-state index contributed by atoms with van der Waals surface area (Å²) in [7, 11) is 0. The van der Waals surface area contributed by atoms with Crippen LogP contribution in [-0.4, -0.2) is 58.2 Å². The van der Waals surface area contributed by atoms with Gasteiger partial charge in [0.15, 0.2) is 0 Å². The second-order valence-corrected chi connectivity index (χ2v) is 13.7. The highest BCUT2D eigenvalue weighted by atomic mass is 19.1. The number of amides is 1. The van der Waals surface area contributed by atoms with Crippen LogP contribution in [0, 0.1) is 45.2 Å². The fourth-order valence-corrected chi connectivity index (χ4v) is 6.61. The third-order valence-electron chi connectivity index (χ3n) is 8.70. The number of nitrogens with zero attached hydrogens (tertiary/aromatic N) is 3. The molecule has 11 heteroatoms. The molecular formula is C37H47F3N4O4. The van der Waals surface area contributed by atoms with E-state index in [9.17, 15) is 23.2 Å². The third kappa shape index (κ3) is 8.72. The fourth-order valence-electron chi connectivity index (χ4n) is 6.61. The molecule has 3 aromatic rings. The number of hydrogen-bond acceptors (Lipinski definition) is 6. The average Bonchev–Trinajstić information content (AvgIpc) is 2.96. The summed E-state index contributed by atoms with van der Waals surface area (Å²) in [5.74, 6) is -2.19. The van der Waals surface area contributed by atoms with Crippen LogP contribution in [0.4, 0.5) is 13.2 Å². The number of halogens is 3. The zero-order valence-electron chi connectivity index (χ0n) is 29.2. The van der Waals surface area contributed by atoms with Gasteiger partial charge in [-0.05, 0) is 106 Å². The number of ether oxygens (including phenoxy) is 1. The SMILES string of the molecule is CCOC(=O)CC(NC(=O)C(CC(C)C)n1cc(CCN2CC(C)(F)C2)nc(C)c1=O)c1cc(-c2c(C)cc(F)cc2C)cc(C)c1F. The topological polar surface area (TPSA) is 93.5 Å². The van der Waals surface area contributed by atoms with Crippen LogP contribution in [0.5, 0.6) is 0 Å². The molecule has 260 valence electrons. The Morgan fingerprint density at radius 2 is 1.69 bits per heavy atom. The van der Waals surface area contributed by atoms with Crippen LogP contribution in [0.3, 0.4) is 0 Å². The maximum Gasteiger partial charge on any atom is 0.308 e. The van der Waals surface area contributed by atoms with E-state index in [1.807, 2.05) is 18.7 Å². The molecule has 1 amide bonds. The lowest BCUT2D eigenvalue weighted by Crippen LogP contribution is -2.57. The van der Waals surface area contributed by atoms with E-state index in [1.165, 1.54) is 16.7 Å². The Morgan fingerprint density at radius 3 is 2.27 bits per heavy atom. The van der Waals surface area contributed by atoms with Crippen LogP contribution >= 0.6 is 0 Å². The molecule has 0 radical (unpaired) electrons. The molecule has 1 aliphatic heterocycles. The Morgan fingerprint density at radius 1 is 1.04 bits per heavy atom. The molecule has 1 saturated heterocycles. The van der Waals surface area contributed by atoms with Gasteiger partial charge in [0, 0.05) is 37.8 Å². The van der Waals surface area contributed by atoms with Gasteiger partial charge < -0.3 is 10.1 Å². The number of benzene rings is 2. The van der Waals surface area contributed by atoms with Crippen molar-refractivity contribution in [3.05, 3.63) is 86.1 Å². The van der Waals surface area contributed by atoms with E-state index >= 15 is 4.39 Å². The zero-order chi connectivity index (χ0) is 35.5. The van der Waals surface area contributed by atoms with E-state index in [-0.39, 0.29) is 48.0 Å². The Balaban J connectivity index is 1.73. The molecule has 0 bridgehead atoms. The highest BCUT2D eigenvalue weighted by molar-refractivity contribution is 5.82. The van der Waals surface area contributed by atoms with E-state index in [2.05, 4.69) is 10.3 Å². The molecule has 1 aliphatic rings. The summed E-state index contributed by atoms with van der Waals surface area (Å²) in [5.41, 5.74) is 2.16. The van der Waals surface area contributed by atoms with Crippen molar-refractivity contribution in [1.29, 1.82) is 0 Å². The van der Waals surface area contributed by atoms with Crippen molar-refractivity contribution in [3.63, 3.8) is 0 Å². The third-order valence-corrected chi connectivity index (χ3v) is 8.70. The lowest BCUT2D eigenvalue weighted by Gasteiger charge is -2.42. The number of nitrogens with one attached hydrogen (secondary N) is 1. The smallest absolute Gasteiger partial charge is 0.308 e. The van der Waals surface area contributed by atoms with Crippen molar-refractivity contribution in [2.24, 2.45) is 5.92 Å². The van der Waals surface area contributed by atoms with Crippen molar-refractivity contribution >= 4 is 11.9 Å². The molecule has 0 spiro atoms. The van der Waals surface area contributed by atoms with Crippen LogP contribution in [0.25, 0.3) is 11.1 Å². The van der Waals surface area contributed by atoms with Gasteiger partial charge >= 0.3 is 5.97 Å². The summed E-state index contributed by atoms with van der Waals surface area (Å²) in [4.78, 5) is 46.9. The number of alkyl halides is 1. The van der Waals surface area contributed by atoms with E-state index < -0.39 is 41.0 Å². The molecule has 1 N–H and O–H groups in total. The van der Waals surface area contributed by atoms with Gasteiger partial charge in [-0.15, -0.1) is 0 Å². The Hall–Kier alpha value is -3.99. The monoisotopic (exact) mass is 668 g/mol. The maximum atomic E-state index is 16.0. The van der Waals surface area contributed by atoms with Gasteiger partial charge in [-0.3, -0.25) is 28.8 Å². The lowest BCUT2D eigenvalue weighted by molar-refractivity contribution is -0.144. The van der Waals surface area contributed by atoms with Gasteiger partial charge in [-0.2, -0.15) is 0 Å². The van der Waals surface area contributed by atoms with E-state index in [4.69, 9.17) is 4.74 Å². The van der Waals surface area contributed by atoms with Crippen molar-refractivity contribution in [2.75, 3.05) is 26.2 Å². The van der Waals surface area contributed by atoms with Crippen molar-refractivity contribution in [2.45, 2.75) is 92.4 Å². The van der Waals surface area contributed by atoms with Crippen molar-refractivity contribution in [1.82, 2.24) is 19.8 Å². The van der Waals surface area contributed by atoms with Crippen LogP contribution in [-0.2, 0) is 20.7 Å². The number of aromatic nitrogens is 2. The first-order chi connectivity index (χ1) is 22.5. The average molecular weight is 669 g/mol. The first-order valence-electron chi connectivity index (χ1n) is 16.5. The number of carbonyl (C=O) groups excluding carboxylic acids is 2. The number of aryl methyl sites for hydroxylation is 4. The second-order valence-electron chi connectivity index (χ2n) is 13.7. The highest BCUT2D eigenvalue weighted by Gasteiger charge is 2.38. The molecule has 0 aliphatic carbocycles. The summed E-state index contributed by atoms with van der Waals surface area (Å²) >= 11 is 0. The van der Waals surface area contributed by atoms with Gasteiger partial charge in [0.1, 0.15) is 29.0 Å². The van der Waals surface area contributed by atoms with Crippen LogP contribution in [0.1, 0.15) is 86.3 Å². The van der Waals surface area contributed by atoms with Gasteiger partial charge in [0.05, 0.1) is 24.8 Å². The van der Waals surface area contributed by atoms with E-state index in [0.717, 1.165) is 5.56 Å². The molecule has 2 heterocycles. The van der Waals surface area contributed by atoms with E-state index in [1.54, 1.807) is 59.9 Å². The molecule has 8 nitrogen and oxygen atoms in total. The Kier molecular flexibility index (Phi) is 11.6. The molecule has 2 aromatic carbocycles. The second kappa shape index (κ2) is 15.1. The maximum absolute atomic E-state index is 16.0. The van der Waals surface area contributed by atoms with Crippen molar-refractivity contribution < 1.29 is 27.5 Å². The summed E-state index contributed by atoms with van der Waals surface area (Å²) in [6.07, 6.45) is 1.96. The largest absolute Gasteiger partial charge is 0.466 e. The first kappa shape index (κ1) is 36.8. The molecule has 48 heavy (non-hydrogen) atoms. The van der Waals surface area contributed by atoms with Gasteiger partial charge in [0.25, 0.3) is 5.56 Å². The molecule has 2 atom stereocenters. The van der Waals surface area contributed by atoms with Crippen LogP contribution in [0.2, 0.25) is 0 Å². The Labute approximate surface area is 280 Å². The molecular weight excluding hydrogens is 621 g/mol. The number of rotatable bonds is 13. The predicted molar refractivity (Wildman–Crippen MR) is 180 cm³/mol. The lowest BCUT2D eigenvalue weighted by atomic mass is 9.90. The molecule has 1 fully saturated rings. The summed E-state index contributed by atoms with van der Waals surface area (Å²) < 4.78 is 50.7. The van der Waals surface area contributed by atoms with E-state index in [0.29, 0.717) is 48.4 Å². The number of carbonyl (C=O) groups is 2. The normalized spacial score (nSPS) is 15.6. The first-order valence-corrected chi connectivity index (χ1v) is 16.5. The molecule has 4 rings (SSSR count). The molecule has 2 unspecified atom stereocenters. The van der Waals surface area contributed by atoms with Gasteiger partial charge in [-0.25, -0.2) is 13.2 Å². The molecule has 1 aromatic heterocycles. The minimum Gasteiger partial charge on any atom is -0.466 e. The quantitative estimate of drug-likeness (QED) is 0.212. The summed E-state index contributed by atoms with van der Waals surface area (Å²) in [6.45, 7) is 15.1. The fraction of sp³-hybridized carbons (Fsp3) is 0.514. The van der Waals surface area contributed by atoms with Gasteiger partial charge in [0.2, 0.25) is 5.91 Å². The standard InChI is InChI=1S/C37H47F3N4O4/c1-9-48-32(45)17-30(29-16-26(13-24(6)34(29)39)33-22(4)14-27(38)15-23(33)5)42-35(46)31(12-21(2)3)44-18-28(41-25(7)36(44)47)10-11-43-19-37(8,40)20-43/h13-16,18,21,30-31H,9-12,17,19-20H2,1-8H3,(H,42,46). The van der Waals surface area contributed by atoms with Crippen LogP contribution in [0.15, 0.2) is 35.3 Å². The zero-order valence-corrected chi connectivity index (χ0v) is 29.2. The number of hydrogen-bond donors (Lipinski definition) is 1. The summed E-state index contributed by atoms with van der Waals surface area (Å²) in [6, 6.07) is 3.92. The van der Waals surface area contributed by atoms with Crippen molar-refractivity contribution in [3.8, 4) is 11.1 Å². The minimum atomic E-state index is -1.21. The number of esters is 1. The predicted octanol–water partition coefficient (Wildman–Crippen LogP) is 6.41. The Bertz CT molecular complexity index is 1710. The minimum absolute atomic E-state index is 0.0110. The molecule has 0 saturated carbocycles. The van der Waals surface area contributed by atoms with Crippen LogP contribution < -0.4 is 10.9 Å². The van der Waals surface area contributed by atoms with Gasteiger partial charge in [-0.1, -0.05) is 13.8 Å². The highest BCUT2D eigenvalue weighted by Crippen LogP contribution is 2.34. The number of likely N-dealkylation sites (tertiary alicyclic amines) is 1.